The van der Waals surface area contributed by atoms with E-state index < -0.39 is 5.60 Å². The minimum absolute atomic E-state index is 0.205. The van der Waals surface area contributed by atoms with Crippen LogP contribution in [0.5, 0.6) is 0 Å². The minimum atomic E-state index is -1.02. The zero-order valence-corrected chi connectivity index (χ0v) is 18.4. The number of aliphatic hydroxyl groups is 1. The van der Waals surface area contributed by atoms with Gasteiger partial charge in [-0.2, -0.15) is 0 Å². The largest absolute Gasteiger partial charge is 0.382 e. The normalized spacial score (nSPS) is 20.2. The van der Waals surface area contributed by atoms with E-state index >= 15 is 0 Å². The van der Waals surface area contributed by atoms with Crippen LogP contribution in [0.4, 0.5) is 5.13 Å². The summed E-state index contributed by atoms with van der Waals surface area (Å²) < 4.78 is 1.43. The van der Waals surface area contributed by atoms with Gasteiger partial charge in [0, 0.05) is 20.0 Å². The van der Waals surface area contributed by atoms with Gasteiger partial charge in [0.25, 0.3) is 5.56 Å². The average molecular weight is 439 g/mol. The Morgan fingerprint density at radius 2 is 2.00 bits per heavy atom. The molecule has 0 amide bonds. The van der Waals surface area contributed by atoms with Crippen LogP contribution in [0.25, 0.3) is 10.3 Å². The molecule has 162 valence electrons. The van der Waals surface area contributed by atoms with Crippen molar-refractivity contribution in [1.82, 2.24) is 14.5 Å². The zero-order valence-electron chi connectivity index (χ0n) is 17.6. The summed E-state index contributed by atoms with van der Waals surface area (Å²) >= 11 is 1.34. The predicted molar refractivity (Wildman–Crippen MR) is 121 cm³/mol. The van der Waals surface area contributed by atoms with E-state index in [-0.39, 0.29) is 17.4 Å². The van der Waals surface area contributed by atoms with Crippen molar-refractivity contribution in [2.45, 2.75) is 56.6 Å². The lowest BCUT2D eigenvalue weighted by molar-refractivity contribution is -0.120. The van der Waals surface area contributed by atoms with Crippen molar-refractivity contribution < 1.29 is 9.90 Å². The first-order chi connectivity index (χ1) is 15.0. The molecule has 8 heteroatoms. The molecule has 2 aromatic heterocycles. The summed E-state index contributed by atoms with van der Waals surface area (Å²) in [6.07, 6.45) is 5.12. The third-order valence-corrected chi connectivity index (χ3v) is 7.59. The monoisotopic (exact) mass is 438 g/mol. The highest BCUT2D eigenvalue weighted by Crippen LogP contribution is 2.40. The number of Topliss-reactive ketones (excluding diaryl/α,β-unsaturated/α-hetero) is 1. The molecule has 0 bridgehead atoms. The molecule has 5 rings (SSSR count). The molecule has 1 aliphatic carbocycles. The molecule has 1 aromatic carbocycles. The molecule has 3 heterocycles. The molecule has 2 aliphatic rings. The molecule has 1 atom stereocenters. The Balaban J connectivity index is 1.41. The Labute approximate surface area is 184 Å². The maximum Gasteiger partial charge on any atom is 0.280 e. The first kappa shape index (κ1) is 20.3. The van der Waals surface area contributed by atoms with E-state index in [0.717, 1.165) is 37.8 Å². The first-order valence-corrected chi connectivity index (χ1v) is 11.7. The summed E-state index contributed by atoms with van der Waals surface area (Å²) in [7, 11) is 1.64. The number of carbonyl (C=O) groups is 1. The van der Waals surface area contributed by atoms with Crippen molar-refractivity contribution >= 4 is 32.6 Å². The highest BCUT2D eigenvalue weighted by molar-refractivity contribution is 7.21. The van der Waals surface area contributed by atoms with Crippen LogP contribution in [0.1, 0.15) is 49.9 Å². The van der Waals surface area contributed by atoms with E-state index in [2.05, 4.69) is 9.97 Å². The number of rotatable bonds is 6. The average Bonchev–Trinajstić information content (AvgIpc) is 3.41. The van der Waals surface area contributed by atoms with Crippen molar-refractivity contribution in [2.75, 3.05) is 11.4 Å². The van der Waals surface area contributed by atoms with Crippen molar-refractivity contribution in [3.8, 4) is 0 Å². The number of ketones is 1. The molecule has 0 radical (unpaired) electrons. The molecular weight excluding hydrogens is 412 g/mol. The standard InChI is InChI=1S/C23H26N4O3S/c1-26-20(29)18-19(25-21(26)23(30)12-6-13-23)31-22(24-18)27-14-5-9-16(27)17(28)11-10-15-7-3-2-4-8-15/h2-4,7-8,16,30H,5-6,9-14H2,1H3/t16-/m1/s1. The number of aryl methyl sites for hydroxylation is 1. The van der Waals surface area contributed by atoms with Crippen LogP contribution < -0.4 is 10.5 Å². The zero-order chi connectivity index (χ0) is 21.6. The third-order valence-electron chi connectivity index (χ3n) is 6.60. The van der Waals surface area contributed by atoms with E-state index in [1.807, 2.05) is 35.2 Å². The topological polar surface area (TPSA) is 88.3 Å². The molecular formula is C23H26N4O3S. The smallest absolute Gasteiger partial charge is 0.280 e. The van der Waals surface area contributed by atoms with E-state index in [1.165, 1.54) is 15.9 Å². The minimum Gasteiger partial charge on any atom is -0.382 e. The number of hydrogen-bond donors (Lipinski definition) is 1. The SMILES string of the molecule is Cn1c(C2(O)CCC2)nc2sc(N3CCC[C@@H]3C(=O)CCc3ccccc3)nc2c1=O. The highest BCUT2D eigenvalue weighted by atomic mass is 32.1. The summed E-state index contributed by atoms with van der Waals surface area (Å²) in [6.45, 7) is 0.749. The van der Waals surface area contributed by atoms with Crippen molar-refractivity contribution in [3.63, 3.8) is 0 Å². The number of fused-ring (bicyclic) bond motifs is 1. The Hall–Kier alpha value is -2.58. The number of hydrogen-bond acceptors (Lipinski definition) is 7. The van der Waals surface area contributed by atoms with Gasteiger partial charge >= 0.3 is 0 Å². The van der Waals surface area contributed by atoms with Crippen LogP contribution >= 0.6 is 11.3 Å². The molecule has 1 aliphatic heterocycles. The quantitative estimate of drug-likeness (QED) is 0.637. The number of carbonyl (C=O) groups excluding carboxylic acids is 1. The van der Waals surface area contributed by atoms with Crippen LogP contribution in [0.2, 0.25) is 0 Å². The highest BCUT2D eigenvalue weighted by Gasteiger charge is 2.41. The van der Waals surface area contributed by atoms with Gasteiger partial charge in [-0.1, -0.05) is 41.7 Å². The van der Waals surface area contributed by atoms with Gasteiger partial charge in [0.15, 0.2) is 21.3 Å². The summed E-state index contributed by atoms with van der Waals surface area (Å²) in [5.74, 6) is 0.634. The van der Waals surface area contributed by atoms with Gasteiger partial charge in [-0.15, -0.1) is 0 Å². The van der Waals surface area contributed by atoms with E-state index in [0.29, 0.717) is 40.6 Å². The van der Waals surface area contributed by atoms with E-state index in [9.17, 15) is 14.7 Å². The predicted octanol–water partition coefficient (Wildman–Crippen LogP) is 2.93. The van der Waals surface area contributed by atoms with Crippen molar-refractivity contribution in [3.05, 3.63) is 52.1 Å². The molecule has 3 aromatic rings. The lowest BCUT2D eigenvalue weighted by Gasteiger charge is -2.36. The summed E-state index contributed by atoms with van der Waals surface area (Å²) in [5.41, 5.74) is 0.218. The molecule has 1 N–H and O–H groups in total. The fourth-order valence-corrected chi connectivity index (χ4v) is 5.63. The number of nitrogens with zero attached hydrogens (tertiary/aromatic N) is 4. The number of benzene rings is 1. The second-order valence-corrected chi connectivity index (χ2v) is 9.59. The van der Waals surface area contributed by atoms with Gasteiger partial charge in [-0.3, -0.25) is 14.2 Å². The summed E-state index contributed by atoms with van der Waals surface area (Å²) in [5, 5.41) is 11.4. The second kappa shape index (κ2) is 7.84. The molecule has 2 fully saturated rings. The third kappa shape index (κ3) is 3.57. The van der Waals surface area contributed by atoms with Crippen LogP contribution in [-0.2, 0) is 23.9 Å². The molecule has 0 spiro atoms. The molecule has 0 unspecified atom stereocenters. The van der Waals surface area contributed by atoms with Gasteiger partial charge in [0.1, 0.15) is 11.4 Å². The number of anilines is 1. The molecule has 1 saturated heterocycles. The maximum absolute atomic E-state index is 13.0. The van der Waals surface area contributed by atoms with Crippen LogP contribution in [0, 0.1) is 0 Å². The summed E-state index contributed by atoms with van der Waals surface area (Å²) in [4.78, 5) is 37.7. The van der Waals surface area contributed by atoms with Gasteiger partial charge in [-0.25, -0.2) is 9.97 Å². The molecule has 1 saturated carbocycles. The van der Waals surface area contributed by atoms with Crippen LogP contribution in [0.15, 0.2) is 35.1 Å². The van der Waals surface area contributed by atoms with Crippen molar-refractivity contribution in [2.24, 2.45) is 7.05 Å². The fourth-order valence-electron chi connectivity index (χ4n) is 4.63. The Bertz CT molecular complexity index is 1180. The lowest BCUT2D eigenvalue weighted by atomic mass is 9.79. The van der Waals surface area contributed by atoms with Gasteiger partial charge in [0.2, 0.25) is 0 Å². The van der Waals surface area contributed by atoms with Crippen LogP contribution in [-0.4, -0.2) is 38.0 Å². The Morgan fingerprint density at radius 3 is 2.71 bits per heavy atom. The van der Waals surface area contributed by atoms with Crippen LogP contribution in [0.3, 0.4) is 0 Å². The second-order valence-electron chi connectivity index (χ2n) is 8.64. The van der Waals surface area contributed by atoms with Gasteiger partial charge < -0.3 is 10.0 Å². The van der Waals surface area contributed by atoms with E-state index in [4.69, 9.17) is 0 Å². The maximum atomic E-state index is 13.0. The Kier molecular flexibility index (Phi) is 5.14. The van der Waals surface area contributed by atoms with Crippen molar-refractivity contribution in [1.29, 1.82) is 0 Å². The lowest BCUT2D eigenvalue weighted by Crippen LogP contribution is -2.40. The fraction of sp³-hybridized carbons (Fsp3) is 0.478. The van der Waals surface area contributed by atoms with Gasteiger partial charge in [0.05, 0.1) is 6.04 Å². The number of thiazole rings is 1. The summed E-state index contributed by atoms with van der Waals surface area (Å²) in [6, 6.07) is 9.84. The van der Waals surface area contributed by atoms with Gasteiger partial charge in [-0.05, 0) is 44.1 Å². The molecule has 31 heavy (non-hydrogen) atoms. The molecule has 7 nitrogen and oxygen atoms in total. The van der Waals surface area contributed by atoms with E-state index in [1.54, 1.807) is 7.05 Å². The Morgan fingerprint density at radius 1 is 1.23 bits per heavy atom. The number of aromatic nitrogens is 3. The first-order valence-electron chi connectivity index (χ1n) is 10.9.